The number of rotatable bonds is 9. The van der Waals surface area contributed by atoms with Crippen molar-refractivity contribution in [2.24, 2.45) is 10.2 Å². The van der Waals surface area contributed by atoms with Gasteiger partial charge in [0.1, 0.15) is 27.2 Å². The van der Waals surface area contributed by atoms with Gasteiger partial charge in [0.2, 0.25) is 0 Å². The molecule has 4 rings (SSSR count). The molecule has 0 aliphatic rings. The third-order valence-electron chi connectivity index (χ3n) is 5.73. The molecule has 0 unspecified atom stereocenters. The van der Waals surface area contributed by atoms with Crippen LogP contribution in [-0.4, -0.2) is 30.8 Å². The Bertz CT molecular complexity index is 1610. The van der Waals surface area contributed by atoms with Crippen LogP contribution in [0.2, 0.25) is 0 Å². The first-order valence-corrected chi connectivity index (χ1v) is 13.0. The third-order valence-corrected chi connectivity index (χ3v) is 6.60. The molecule has 0 radical (unpaired) electrons. The fourth-order valence-corrected chi connectivity index (χ4v) is 4.62. The zero-order valence-corrected chi connectivity index (χ0v) is 24.2. The Morgan fingerprint density at radius 1 is 1.08 bits per heavy atom. The van der Waals surface area contributed by atoms with Gasteiger partial charge in [0, 0.05) is 16.3 Å². The molecule has 4 aromatic rings. The van der Waals surface area contributed by atoms with Crippen molar-refractivity contribution in [2.75, 3.05) is 12.3 Å². The van der Waals surface area contributed by atoms with Gasteiger partial charge < -0.3 is 15.0 Å². The molecule has 0 saturated heterocycles. The van der Waals surface area contributed by atoms with Gasteiger partial charge in [-0.3, -0.25) is 9.78 Å². The minimum absolute atomic E-state index is 0. The number of anilines is 1. The van der Waals surface area contributed by atoms with Crippen LogP contribution in [0.25, 0.3) is 22.0 Å². The van der Waals surface area contributed by atoms with E-state index in [9.17, 15) is 17.8 Å². The summed E-state index contributed by atoms with van der Waals surface area (Å²) in [5, 5.41) is 8.85. The van der Waals surface area contributed by atoms with Gasteiger partial charge in [0.15, 0.2) is 6.29 Å². The molecule has 1 heterocycles. The maximum absolute atomic E-state index is 11.8. The van der Waals surface area contributed by atoms with Crippen molar-refractivity contribution in [1.82, 2.24) is 4.98 Å². The first-order valence-electron chi connectivity index (χ1n) is 11.6. The predicted octanol–water partition coefficient (Wildman–Crippen LogP) is 3.11. The number of nitrogens with zero attached hydrogens (tertiary/aromatic N) is 3. The summed E-state index contributed by atoms with van der Waals surface area (Å²) in [6.07, 6.45) is 4.07. The topological polar surface area (TPSA) is 147 Å². The fraction of sp³-hybridized carbons (Fsp3) is 0.185. The molecule has 190 valence electrons. The molecule has 0 fully saturated rings. The molecule has 0 bridgehead atoms. The number of unbranched alkanes of at least 4 members (excludes halogenated alkanes) is 1. The number of aldehydes is 1. The van der Waals surface area contributed by atoms with E-state index >= 15 is 0 Å². The normalized spacial score (nSPS) is 11.4. The van der Waals surface area contributed by atoms with Crippen LogP contribution in [0.3, 0.4) is 0 Å². The number of hydrogen-bond acceptors (Lipinski definition) is 9. The molecular weight excluding hydrogens is 515 g/mol. The summed E-state index contributed by atoms with van der Waals surface area (Å²) in [7, 11) is -4.77. The van der Waals surface area contributed by atoms with Gasteiger partial charge in [-0.05, 0) is 49.2 Å². The maximum atomic E-state index is 11.8. The minimum Gasteiger partial charge on any atom is -0.744 e. The zero-order valence-electron chi connectivity index (χ0n) is 21.3. The van der Waals surface area contributed by atoms with Crippen LogP contribution in [0.15, 0.2) is 75.9 Å². The van der Waals surface area contributed by atoms with Gasteiger partial charge in [0.05, 0.1) is 34.6 Å². The van der Waals surface area contributed by atoms with Crippen LogP contribution < -0.4 is 40.0 Å². The number of carbonyl (C=O) groups excluding carboxylic acids is 1. The van der Waals surface area contributed by atoms with Gasteiger partial charge in [0.25, 0.3) is 0 Å². The smallest absolute Gasteiger partial charge is 0.744 e. The summed E-state index contributed by atoms with van der Waals surface area (Å²) in [6.45, 7) is 4.42. The van der Waals surface area contributed by atoms with Crippen molar-refractivity contribution in [3.63, 3.8) is 0 Å². The quantitative estimate of drug-likeness (QED) is 0.0857. The molecule has 11 heteroatoms. The van der Waals surface area contributed by atoms with E-state index in [1.165, 1.54) is 12.3 Å². The SMILES string of the molecule is CCCCOc1c(C=O)cc(C)cc1-c1ccc(N=Nc2cc(S(=O)(=O)[O-])c3ccccc3c2N)cn1.[Na+]. The van der Waals surface area contributed by atoms with Gasteiger partial charge in [-0.2, -0.15) is 0 Å². The summed E-state index contributed by atoms with van der Waals surface area (Å²) < 4.78 is 41.4. The van der Waals surface area contributed by atoms with Crippen molar-refractivity contribution in [3.8, 4) is 17.0 Å². The third kappa shape index (κ3) is 6.46. The molecule has 3 aromatic carbocycles. The predicted molar refractivity (Wildman–Crippen MR) is 141 cm³/mol. The molecule has 0 saturated carbocycles. The summed E-state index contributed by atoms with van der Waals surface area (Å²) in [6, 6.07) is 14.6. The molecule has 2 N–H and O–H groups in total. The number of aryl methyl sites for hydroxylation is 1. The summed E-state index contributed by atoms with van der Waals surface area (Å²) >= 11 is 0. The van der Waals surface area contributed by atoms with Gasteiger partial charge in [-0.25, -0.2) is 8.42 Å². The molecule has 9 nitrogen and oxygen atoms in total. The molecule has 0 spiro atoms. The van der Waals surface area contributed by atoms with E-state index in [1.807, 2.05) is 13.0 Å². The summed E-state index contributed by atoms with van der Waals surface area (Å²) in [4.78, 5) is 15.7. The standard InChI is InChI=1S/C27H26N4O5S.Na/c1-3-4-11-36-27-18(16-32)12-17(2)13-22(27)23-10-9-19(15-29-23)30-31-24-14-25(37(33,34)35)20-7-5-6-8-21(20)26(24)28;/h5-10,12-16H,3-4,11,28H2,1-2H3,(H,33,34,35);/q;+1/p-1. The number of pyridine rings is 1. The van der Waals surface area contributed by atoms with Crippen molar-refractivity contribution in [1.29, 1.82) is 0 Å². The first-order chi connectivity index (χ1) is 17.7. The van der Waals surface area contributed by atoms with Crippen LogP contribution in [0.1, 0.15) is 35.7 Å². The van der Waals surface area contributed by atoms with Crippen LogP contribution in [0.5, 0.6) is 5.75 Å². The molecule has 0 amide bonds. The number of nitrogens with two attached hydrogens (primary N) is 1. The second-order valence-electron chi connectivity index (χ2n) is 8.46. The molecule has 0 atom stereocenters. The number of azo groups is 1. The van der Waals surface area contributed by atoms with E-state index in [0.29, 0.717) is 40.3 Å². The monoisotopic (exact) mass is 540 g/mol. The second kappa shape index (κ2) is 12.6. The molecular formula is C27H25N4NaO5S. The summed E-state index contributed by atoms with van der Waals surface area (Å²) in [5.74, 6) is 0.478. The zero-order chi connectivity index (χ0) is 26.6. The Kier molecular flexibility index (Phi) is 9.75. The number of benzene rings is 3. The Labute approximate surface area is 243 Å². The Hall–Kier alpha value is -3.15. The average Bonchev–Trinajstić information content (AvgIpc) is 2.88. The fourth-order valence-electron chi connectivity index (χ4n) is 3.91. The summed E-state index contributed by atoms with van der Waals surface area (Å²) in [5.41, 5.74) is 9.44. The minimum atomic E-state index is -4.77. The number of aromatic nitrogens is 1. The van der Waals surface area contributed by atoms with E-state index in [4.69, 9.17) is 10.5 Å². The van der Waals surface area contributed by atoms with Crippen molar-refractivity contribution >= 4 is 44.2 Å². The van der Waals surface area contributed by atoms with E-state index in [1.54, 1.807) is 36.4 Å². The van der Waals surface area contributed by atoms with Gasteiger partial charge in [-0.15, -0.1) is 10.2 Å². The van der Waals surface area contributed by atoms with Crippen molar-refractivity contribution in [2.45, 2.75) is 31.6 Å². The number of carbonyl (C=O) groups is 1. The van der Waals surface area contributed by atoms with Crippen molar-refractivity contribution < 1.29 is 52.1 Å². The molecule has 38 heavy (non-hydrogen) atoms. The van der Waals surface area contributed by atoms with Crippen LogP contribution in [-0.2, 0) is 10.1 Å². The Morgan fingerprint density at radius 2 is 1.82 bits per heavy atom. The van der Waals surface area contributed by atoms with Gasteiger partial charge >= 0.3 is 29.6 Å². The number of fused-ring (bicyclic) bond motifs is 1. The molecule has 1 aromatic heterocycles. The van der Waals surface area contributed by atoms with E-state index in [-0.39, 0.29) is 46.3 Å². The maximum Gasteiger partial charge on any atom is 1.00 e. The van der Waals surface area contributed by atoms with Gasteiger partial charge in [-0.1, -0.05) is 37.6 Å². The second-order valence-corrected chi connectivity index (χ2v) is 9.81. The average molecular weight is 541 g/mol. The van der Waals surface area contributed by atoms with Crippen LogP contribution in [0, 0.1) is 6.92 Å². The van der Waals surface area contributed by atoms with Crippen molar-refractivity contribution in [3.05, 3.63) is 71.9 Å². The van der Waals surface area contributed by atoms with E-state index in [2.05, 4.69) is 22.1 Å². The van der Waals surface area contributed by atoms with E-state index in [0.717, 1.165) is 30.8 Å². The first kappa shape index (κ1) is 29.4. The number of hydrogen-bond donors (Lipinski definition) is 1. The number of ether oxygens (including phenoxy) is 1. The van der Waals surface area contributed by atoms with E-state index < -0.39 is 15.0 Å². The number of nitrogen functional groups attached to an aromatic ring is 1. The molecule has 0 aliphatic heterocycles. The Morgan fingerprint density at radius 3 is 2.45 bits per heavy atom. The van der Waals surface area contributed by atoms with Crippen LogP contribution in [0.4, 0.5) is 17.1 Å². The Balaban J connectivity index is 0.00000400. The largest absolute Gasteiger partial charge is 1.00 e. The molecule has 0 aliphatic carbocycles. The van der Waals surface area contributed by atoms with Crippen LogP contribution >= 0.6 is 0 Å².